The molecule has 3 aliphatic heterocycles. The Morgan fingerprint density at radius 2 is 1.70 bits per heavy atom. The zero-order valence-electron chi connectivity index (χ0n) is 17.4. The van der Waals surface area contributed by atoms with Crippen molar-refractivity contribution in [3.05, 3.63) is 30.1 Å². The number of benzene rings is 1. The van der Waals surface area contributed by atoms with Gasteiger partial charge in [-0.15, -0.1) is 0 Å². The smallest absolute Gasteiger partial charge is 0.312 e. The number of piperidine rings is 1. The number of rotatable bonds is 5. The lowest BCUT2D eigenvalue weighted by molar-refractivity contribution is -0.150. The van der Waals surface area contributed by atoms with Gasteiger partial charge in [0.15, 0.2) is 0 Å². The molecule has 1 aromatic carbocycles. The molecule has 3 aliphatic rings. The predicted molar refractivity (Wildman–Crippen MR) is 112 cm³/mol. The summed E-state index contributed by atoms with van der Waals surface area (Å²) in [4.78, 5) is 17.2. The van der Waals surface area contributed by atoms with Crippen LogP contribution in [0.1, 0.15) is 25.7 Å². The van der Waals surface area contributed by atoms with Crippen LogP contribution >= 0.6 is 0 Å². The predicted octanol–water partition coefficient (Wildman–Crippen LogP) is 1.70. The third kappa shape index (κ3) is 4.63. The molecule has 0 N–H and O–H groups in total. The summed E-state index contributed by atoms with van der Waals surface area (Å²) < 4.78 is 43.7. The number of carbonyl (C=O) groups is 1. The number of ether oxygens (including phenoxy) is 1. The molecule has 9 heteroatoms. The van der Waals surface area contributed by atoms with Crippen molar-refractivity contribution in [1.29, 1.82) is 0 Å². The quantitative estimate of drug-likeness (QED) is 0.651. The van der Waals surface area contributed by atoms with Crippen LogP contribution in [-0.4, -0.2) is 81.8 Å². The number of esters is 1. The van der Waals surface area contributed by atoms with Crippen LogP contribution in [0.3, 0.4) is 0 Å². The van der Waals surface area contributed by atoms with Gasteiger partial charge in [-0.25, -0.2) is 17.1 Å². The Balaban J connectivity index is 1.23. The molecule has 0 amide bonds. The molecule has 3 heterocycles. The Morgan fingerprint density at radius 1 is 1.07 bits per heavy atom. The lowest BCUT2D eigenvalue weighted by Crippen LogP contribution is -2.47. The normalized spacial score (nSPS) is 25.6. The molecule has 0 unspecified atom stereocenters. The van der Waals surface area contributed by atoms with E-state index in [0.717, 1.165) is 44.8 Å². The van der Waals surface area contributed by atoms with Crippen LogP contribution in [0.2, 0.25) is 0 Å². The summed E-state index contributed by atoms with van der Waals surface area (Å²) in [7, 11) is -3.20. The van der Waals surface area contributed by atoms with Crippen LogP contribution in [-0.2, 0) is 19.6 Å². The summed E-state index contributed by atoms with van der Waals surface area (Å²) >= 11 is 0. The first kappa shape index (κ1) is 21.5. The number of hydrogen-bond donors (Lipinski definition) is 0. The van der Waals surface area contributed by atoms with Gasteiger partial charge in [-0.05, 0) is 43.5 Å². The van der Waals surface area contributed by atoms with Crippen molar-refractivity contribution in [2.75, 3.05) is 57.0 Å². The Bertz CT molecular complexity index is 861. The van der Waals surface area contributed by atoms with Gasteiger partial charge in [-0.3, -0.25) is 9.69 Å². The van der Waals surface area contributed by atoms with E-state index in [0.29, 0.717) is 32.4 Å². The molecule has 0 aromatic heterocycles. The molecule has 4 rings (SSSR count). The number of anilines is 1. The molecule has 1 atom stereocenters. The molecule has 0 aliphatic carbocycles. The Hall–Kier alpha value is -1.71. The molecule has 1 aromatic rings. The number of piperazine rings is 1. The summed E-state index contributed by atoms with van der Waals surface area (Å²) in [5.74, 6) is -0.370. The van der Waals surface area contributed by atoms with E-state index in [1.54, 1.807) is 0 Å². The highest BCUT2D eigenvalue weighted by Gasteiger charge is 2.51. The maximum Gasteiger partial charge on any atom is 0.312 e. The van der Waals surface area contributed by atoms with E-state index in [-0.39, 0.29) is 17.9 Å². The molecule has 30 heavy (non-hydrogen) atoms. The van der Waals surface area contributed by atoms with Gasteiger partial charge in [0.2, 0.25) is 10.0 Å². The van der Waals surface area contributed by atoms with Crippen molar-refractivity contribution in [1.82, 2.24) is 9.21 Å². The fourth-order valence-corrected chi connectivity index (χ4v) is 5.71. The lowest BCUT2D eigenvalue weighted by Gasteiger charge is -2.36. The second-order valence-electron chi connectivity index (χ2n) is 8.77. The minimum Gasteiger partial charge on any atom is -0.462 e. The van der Waals surface area contributed by atoms with Crippen LogP contribution in [0.25, 0.3) is 0 Å². The zero-order valence-corrected chi connectivity index (χ0v) is 18.2. The van der Waals surface area contributed by atoms with Crippen molar-refractivity contribution >= 4 is 21.7 Å². The van der Waals surface area contributed by atoms with Gasteiger partial charge in [-0.2, -0.15) is 0 Å². The van der Waals surface area contributed by atoms with Gasteiger partial charge in [0.1, 0.15) is 11.9 Å². The summed E-state index contributed by atoms with van der Waals surface area (Å²) in [6.07, 6.45) is 3.73. The fraction of sp³-hybridized carbons (Fsp3) is 0.667. The van der Waals surface area contributed by atoms with Crippen LogP contribution in [0, 0.1) is 11.2 Å². The number of cyclic esters (lactones) is 1. The second-order valence-corrected chi connectivity index (χ2v) is 10.8. The first-order valence-electron chi connectivity index (χ1n) is 10.6. The molecular formula is C21H30FN3O4S. The van der Waals surface area contributed by atoms with Crippen LogP contribution in [0.15, 0.2) is 24.3 Å². The number of nitrogens with zero attached hydrogens (tertiary/aromatic N) is 3. The Labute approximate surface area is 177 Å². The largest absolute Gasteiger partial charge is 0.462 e. The second kappa shape index (κ2) is 8.43. The number of hydrogen-bond acceptors (Lipinski definition) is 6. The van der Waals surface area contributed by atoms with E-state index < -0.39 is 15.4 Å². The SMILES string of the molecule is CS(=O)(=O)N1CCC2(CC1)C[C@@H](CCN1CCN(c3ccc(F)cc3)CC1)OC2=O. The van der Waals surface area contributed by atoms with E-state index >= 15 is 0 Å². The standard InChI is InChI=1S/C21H30FN3O4S/c1-30(27,28)25-10-7-21(8-11-25)16-19(29-20(21)26)6-9-23-12-14-24(15-13-23)18-4-2-17(22)3-5-18/h2-5,19H,6-16H2,1H3/t19-/m1/s1. The van der Waals surface area contributed by atoms with Gasteiger partial charge in [-0.1, -0.05) is 0 Å². The van der Waals surface area contributed by atoms with Crippen molar-refractivity contribution in [2.24, 2.45) is 5.41 Å². The summed E-state index contributed by atoms with van der Waals surface area (Å²) in [6.45, 7) is 5.29. The van der Waals surface area contributed by atoms with Crippen molar-refractivity contribution < 1.29 is 22.3 Å². The number of sulfonamides is 1. The topological polar surface area (TPSA) is 70.2 Å². The van der Waals surface area contributed by atoms with E-state index in [1.807, 2.05) is 12.1 Å². The molecule has 3 saturated heterocycles. The van der Waals surface area contributed by atoms with Crippen molar-refractivity contribution in [3.8, 4) is 0 Å². The third-order valence-corrected chi connectivity index (χ3v) is 8.11. The van der Waals surface area contributed by atoms with E-state index in [4.69, 9.17) is 4.74 Å². The first-order valence-corrected chi connectivity index (χ1v) is 12.5. The van der Waals surface area contributed by atoms with E-state index in [9.17, 15) is 17.6 Å². The highest BCUT2D eigenvalue weighted by atomic mass is 32.2. The molecular weight excluding hydrogens is 409 g/mol. The van der Waals surface area contributed by atoms with E-state index in [2.05, 4.69) is 9.80 Å². The monoisotopic (exact) mass is 439 g/mol. The fourth-order valence-electron chi connectivity index (χ4n) is 4.86. The average molecular weight is 440 g/mol. The minimum atomic E-state index is -3.20. The van der Waals surface area contributed by atoms with Gasteiger partial charge in [0.05, 0.1) is 11.7 Å². The molecule has 1 spiro atoms. The van der Waals surface area contributed by atoms with Gasteiger partial charge < -0.3 is 9.64 Å². The molecule has 0 radical (unpaired) electrons. The molecule has 3 fully saturated rings. The average Bonchev–Trinajstić information content (AvgIpc) is 3.02. The van der Waals surface area contributed by atoms with Crippen molar-refractivity contribution in [2.45, 2.75) is 31.8 Å². The lowest BCUT2D eigenvalue weighted by atomic mass is 9.76. The highest BCUT2D eigenvalue weighted by Crippen LogP contribution is 2.44. The third-order valence-electron chi connectivity index (χ3n) is 6.81. The number of carbonyl (C=O) groups excluding carboxylic acids is 1. The van der Waals surface area contributed by atoms with E-state index in [1.165, 1.54) is 22.7 Å². The van der Waals surface area contributed by atoms with Crippen molar-refractivity contribution in [3.63, 3.8) is 0 Å². The molecule has 0 bridgehead atoms. The minimum absolute atomic E-state index is 0.0857. The van der Waals surface area contributed by atoms with Gasteiger partial charge in [0.25, 0.3) is 0 Å². The highest BCUT2D eigenvalue weighted by molar-refractivity contribution is 7.88. The van der Waals surface area contributed by atoms with Gasteiger partial charge in [0, 0.05) is 57.9 Å². The maximum absolute atomic E-state index is 13.1. The molecule has 7 nitrogen and oxygen atoms in total. The van der Waals surface area contributed by atoms with Crippen LogP contribution in [0.4, 0.5) is 10.1 Å². The Morgan fingerprint density at radius 3 is 2.30 bits per heavy atom. The summed E-state index contributed by atoms with van der Waals surface area (Å²) in [5.41, 5.74) is 0.538. The maximum atomic E-state index is 13.1. The summed E-state index contributed by atoms with van der Waals surface area (Å²) in [6, 6.07) is 6.62. The molecule has 166 valence electrons. The Kier molecular flexibility index (Phi) is 6.05. The zero-order chi connectivity index (χ0) is 21.4. The van der Waals surface area contributed by atoms with Crippen LogP contribution < -0.4 is 4.90 Å². The number of halogens is 1. The molecule has 0 saturated carbocycles. The van der Waals surface area contributed by atoms with Gasteiger partial charge >= 0.3 is 5.97 Å². The summed E-state index contributed by atoms with van der Waals surface area (Å²) in [5, 5.41) is 0. The van der Waals surface area contributed by atoms with Crippen LogP contribution in [0.5, 0.6) is 0 Å². The first-order chi connectivity index (χ1) is 14.2.